The third-order valence-corrected chi connectivity index (χ3v) is 3.67. The van der Waals surface area contributed by atoms with E-state index in [0.29, 0.717) is 6.04 Å². The van der Waals surface area contributed by atoms with E-state index < -0.39 is 0 Å². The molecular weight excluding hydrogens is 242 g/mol. The van der Waals surface area contributed by atoms with Crippen LogP contribution in [0.25, 0.3) is 0 Å². The number of hydrogen-bond donors (Lipinski definition) is 2. The van der Waals surface area contributed by atoms with Gasteiger partial charge in [-0.15, -0.1) is 11.8 Å². The maximum atomic E-state index is 7.82. The molecule has 0 aliphatic rings. The van der Waals surface area contributed by atoms with E-state index in [0.717, 1.165) is 29.1 Å². The largest absolute Gasteiger partial charge is 0.384 e. The zero-order valence-corrected chi connectivity index (χ0v) is 12.5. The highest BCUT2D eigenvalue weighted by Crippen LogP contribution is 2.30. The number of nitrogens with zero attached hydrogens (tertiary/aromatic N) is 1. The Morgan fingerprint density at radius 2 is 2.11 bits per heavy atom. The van der Waals surface area contributed by atoms with Gasteiger partial charge < -0.3 is 10.6 Å². The van der Waals surface area contributed by atoms with Gasteiger partial charge in [-0.3, -0.25) is 5.41 Å². The van der Waals surface area contributed by atoms with Gasteiger partial charge in [-0.05, 0) is 38.7 Å². The standard InChI is InChI=1S/C14H23N3S/c1-5-9-17(10(2)3)11-7-6-8-12(18-4)13(11)14(15)16/h6-8,10H,5,9H2,1-4H3,(H3,15,16). The molecule has 3 N–H and O–H groups in total. The number of anilines is 1. The van der Waals surface area contributed by atoms with Crippen LogP contribution in [0.2, 0.25) is 0 Å². The van der Waals surface area contributed by atoms with E-state index in [1.165, 1.54) is 0 Å². The molecule has 0 radical (unpaired) electrons. The van der Waals surface area contributed by atoms with Gasteiger partial charge in [-0.2, -0.15) is 0 Å². The lowest BCUT2D eigenvalue weighted by atomic mass is 10.1. The number of nitrogens with two attached hydrogens (primary N) is 1. The van der Waals surface area contributed by atoms with E-state index in [-0.39, 0.29) is 5.84 Å². The first-order chi connectivity index (χ1) is 8.52. The lowest BCUT2D eigenvalue weighted by molar-refractivity contribution is 0.670. The molecule has 1 rings (SSSR count). The second-order valence-corrected chi connectivity index (χ2v) is 5.40. The van der Waals surface area contributed by atoms with Crippen molar-refractivity contribution in [2.24, 2.45) is 5.73 Å². The van der Waals surface area contributed by atoms with Gasteiger partial charge in [0, 0.05) is 23.2 Å². The van der Waals surface area contributed by atoms with Gasteiger partial charge >= 0.3 is 0 Å². The van der Waals surface area contributed by atoms with Crippen molar-refractivity contribution in [2.75, 3.05) is 17.7 Å². The molecule has 0 bridgehead atoms. The zero-order valence-electron chi connectivity index (χ0n) is 11.7. The summed E-state index contributed by atoms with van der Waals surface area (Å²) in [6.07, 6.45) is 3.10. The lowest BCUT2D eigenvalue weighted by Gasteiger charge is -2.31. The molecule has 0 aliphatic heterocycles. The summed E-state index contributed by atoms with van der Waals surface area (Å²) >= 11 is 1.64. The fraction of sp³-hybridized carbons (Fsp3) is 0.500. The molecule has 0 aliphatic carbocycles. The summed E-state index contributed by atoms with van der Waals surface area (Å²) in [5, 5.41) is 7.82. The van der Waals surface area contributed by atoms with Gasteiger partial charge in [0.15, 0.2) is 0 Å². The van der Waals surface area contributed by atoms with Crippen LogP contribution in [0.5, 0.6) is 0 Å². The average Bonchev–Trinajstić information content (AvgIpc) is 2.34. The SMILES string of the molecule is CCCN(c1cccc(SC)c1C(=N)N)C(C)C. The van der Waals surface area contributed by atoms with Gasteiger partial charge in [0.2, 0.25) is 0 Å². The Morgan fingerprint density at radius 1 is 1.44 bits per heavy atom. The predicted octanol–water partition coefficient (Wildman–Crippen LogP) is 3.32. The summed E-state index contributed by atoms with van der Waals surface area (Å²) in [6.45, 7) is 7.49. The van der Waals surface area contributed by atoms with E-state index in [1.807, 2.05) is 18.4 Å². The molecule has 1 aromatic carbocycles. The Bertz CT molecular complexity index is 416. The van der Waals surface area contributed by atoms with Crippen LogP contribution >= 0.6 is 11.8 Å². The second kappa shape index (κ2) is 6.69. The maximum Gasteiger partial charge on any atom is 0.126 e. The van der Waals surface area contributed by atoms with Crippen molar-refractivity contribution in [2.45, 2.75) is 38.1 Å². The molecule has 0 amide bonds. The van der Waals surface area contributed by atoms with Crippen molar-refractivity contribution in [1.82, 2.24) is 0 Å². The Balaban J connectivity index is 3.32. The average molecular weight is 265 g/mol. The fourth-order valence-corrected chi connectivity index (χ4v) is 2.73. The first kappa shape index (κ1) is 14.9. The van der Waals surface area contributed by atoms with Crippen LogP contribution in [0.1, 0.15) is 32.8 Å². The predicted molar refractivity (Wildman–Crippen MR) is 82.0 cm³/mol. The van der Waals surface area contributed by atoms with Crippen LogP contribution in [-0.4, -0.2) is 24.7 Å². The molecule has 0 saturated carbocycles. The van der Waals surface area contributed by atoms with Crippen molar-refractivity contribution in [3.63, 3.8) is 0 Å². The lowest BCUT2D eigenvalue weighted by Crippen LogP contribution is -2.33. The van der Waals surface area contributed by atoms with Gasteiger partial charge in [0.1, 0.15) is 5.84 Å². The topological polar surface area (TPSA) is 53.1 Å². The minimum absolute atomic E-state index is 0.150. The van der Waals surface area contributed by atoms with Crippen molar-refractivity contribution in [3.8, 4) is 0 Å². The van der Waals surface area contributed by atoms with E-state index in [1.54, 1.807) is 11.8 Å². The van der Waals surface area contributed by atoms with E-state index in [2.05, 4.69) is 31.7 Å². The summed E-state index contributed by atoms with van der Waals surface area (Å²) < 4.78 is 0. The molecule has 0 unspecified atom stereocenters. The van der Waals surface area contributed by atoms with E-state index >= 15 is 0 Å². The van der Waals surface area contributed by atoms with Gasteiger partial charge in [0.05, 0.1) is 5.56 Å². The number of rotatable bonds is 6. The Labute approximate surface area is 114 Å². The van der Waals surface area contributed by atoms with Crippen molar-refractivity contribution >= 4 is 23.3 Å². The first-order valence-electron chi connectivity index (χ1n) is 6.30. The smallest absolute Gasteiger partial charge is 0.126 e. The summed E-state index contributed by atoms with van der Waals surface area (Å²) in [5.41, 5.74) is 7.71. The molecule has 0 spiro atoms. The molecule has 100 valence electrons. The third kappa shape index (κ3) is 3.19. The highest BCUT2D eigenvalue weighted by Gasteiger charge is 2.17. The number of nitrogen functional groups attached to an aromatic ring is 1. The summed E-state index contributed by atoms with van der Waals surface area (Å²) in [4.78, 5) is 3.39. The highest BCUT2D eigenvalue weighted by molar-refractivity contribution is 7.98. The number of nitrogens with one attached hydrogen (secondary N) is 1. The van der Waals surface area contributed by atoms with Crippen LogP contribution in [0.3, 0.4) is 0 Å². The monoisotopic (exact) mass is 265 g/mol. The zero-order chi connectivity index (χ0) is 13.7. The van der Waals surface area contributed by atoms with Crippen LogP contribution in [0.15, 0.2) is 23.1 Å². The molecule has 18 heavy (non-hydrogen) atoms. The van der Waals surface area contributed by atoms with Crippen LogP contribution < -0.4 is 10.6 Å². The van der Waals surface area contributed by atoms with Gasteiger partial charge in [0.25, 0.3) is 0 Å². The molecule has 0 fully saturated rings. The summed E-state index contributed by atoms with van der Waals surface area (Å²) in [5.74, 6) is 0.150. The Morgan fingerprint density at radius 3 is 2.56 bits per heavy atom. The third-order valence-electron chi connectivity index (χ3n) is 2.89. The van der Waals surface area contributed by atoms with Crippen LogP contribution in [-0.2, 0) is 0 Å². The Hall–Kier alpha value is -1.16. The van der Waals surface area contributed by atoms with Crippen molar-refractivity contribution in [1.29, 1.82) is 5.41 Å². The fourth-order valence-electron chi connectivity index (χ4n) is 2.10. The normalized spacial score (nSPS) is 10.7. The molecule has 0 heterocycles. The maximum absolute atomic E-state index is 7.82. The Kier molecular flexibility index (Phi) is 5.54. The van der Waals surface area contributed by atoms with Crippen LogP contribution in [0.4, 0.5) is 5.69 Å². The van der Waals surface area contributed by atoms with Gasteiger partial charge in [-0.25, -0.2) is 0 Å². The van der Waals surface area contributed by atoms with E-state index in [4.69, 9.17) is 11.1 Å². The molecule has 4 heteroatoms. The molecule has 1 aromatic rings. The van der Waals surface area contributed by atoms with E-state index in [9.17, 15) is 0 Å². The number of thioether (sulfide) groups is 1. The van der Waals surface area contributed by atoms with Gasteiger partial charge in [-0.1, -0.05) is 13.0 Å². The number of benzene rings is 1. The molecule has 0 aromatic heterocycles. The minimum atomic E-state index is 0.150. The summed E-state index contributed by atoms with van der Waals surface area (Å²) in [7, 11) is 0. The molecular formula is C14H23N3S. The van der Waals surface area contributed by atoms with Crippen molar-refractivity contribution in [3.05, 3.63) is 23.8 Å². The quantitative estimate of drug-likeness (QED) is 0.471. The molecule has 0 saturated heterocycles. The molecule has 0 atom stereocenters. The second-order valence-electron chi connectivity index (χ2n) is 4.56. The number of amidine groups is 1. The first-order valence-corrected chi connectivity index (χ1v) is 7.53. The van der Waals surface area contributed by atoms with Crippen molar-refractivity contribution < 1.29 is 0 Å². The number of hydrogen-bond acceptors (Lipinski definition) is 3. The molecule has 3 nitrogen and oxygen atoms in total. The highest BCUT2D eigenvalue weighted by atomic mass is 32.2. The van der Waals surface area contributed by atoms with Crippen LogP contribution in [0, 0.1) is 5.41 Å². The minimum Gasteiger partial charge on any atom is -0.384 e. The summed E-state index contributed by atoms with van der Waals surface area (Å²) in [6, 6.07) is 6.53.